The summed E-state index contributed by atoms with van der Waals surface area (Å²) < 4.78 is 26.6. The first-order valence-corrected chi connectivity index (χ1v) is 7.41. The Morgan fingerprint density at radius 2 is 1.79 bits per heavy atom. The number of rotatable bonds is 4. The van der Waals surface area contributed by atoms with Gasteiger partial charge in [-0.25, -0.2) is 8.42 Å². The van der Waals surface area contributed by atoms with Gasteiger partial charge in [-0.3, -0.25) is 4.72 Å². The lowest BCUT2D eigenvalue weighted by Gasteiger charge is -2.09. The van der Waals surface area contributed by atoms with Crippen LogP contribution in [0.3, 0.4) is 0 Å². The number of phenolic OH excluding ortho intramolecular Hbond substituents is 1. The molecule has 0 aliphatic carbocycles. The summed E-state index contributed by atoms with van der Waals surface area (Å²) in [6.07, 6.45) is 0.692. The molecular weight excluding hydrogens is 262 g/mol. The Labute approximate surface area is 112 Å². The van der Waals surface area contributed by atoms with Crippen LogP contribution in [0.4, 0.5) is 5.69 Å². The molecule has 0 atom stereocenters. The smallest absolute Gasteiger partial charge is 0.261 e. The molecular formula is C14H15NO3S. The molecule has 0 saturated heterocycles. The minimum Gasteiger partial charge on any atom is -0.508 e. The molecule has 0 aromatic heterocycles. The van der Waals surface area contributed by atoms with E-state index in [-0.39, 0.29) is 10.6 Å². The second-order valence-corrected chi connectivity index (χ2v) is 5.80. The summed E-state index contributed by atoms with van der Waals surface area (Å²) in [5, 5.41) is 9.72. The molecule has 0 heterocycles. The molecule has 5 heteroatoms. The van der Waals surface area contributed by atoms with Gasteiger partial charge in [0.1, 0.15) is 5.75 Å². The number of nitrogens with one attached hydrogen (secondary N) is 1. The highest BCUT2D eigenvalue weighted by Crippen LogP contribution is 2.24. The van der Waals surface area contributed by atoms with Gasteiger partial charge in [0.05, 0.1) is 10.6 Å². The average Bonchev–Trinajstić information content (AvgIpc) is 2.39. The first kappa shape index (κ1) is 13.4. The summed E-state index contributed by atoms with van der Waals surface area (Å²) >= 11 is 0. The number of sulfonamides is 1. The van der Waals surface area contributed by atoms with Crippen LogP contribution in [0.15, 0.2) is 53.4 Å². The number of phenols is 1. The van der Waals surface area contributed by atoms with Crippen LogP contribution in [0.2, 0.25) is 0 Å². The van der Waals surface area contributed by atoms with E-state index >= 15 is 0 Å². The largest absolute Gasteiger partial charge is 0.508 e. The van der Waals surface area contributed by atoms with Crippen LogP contribution < -0.4 is 4.72 Å². The molecule has 0 saturated carbocycles. The minimum atomic E-state index is -3.61. The van der Waals surface area contributed by atoms with E-state index in [0.717, 1.165) is 5.56 Å². The zero-order valence-electron chi connectivity index (χ0n) is 10.5. The first-order chi connectivity index (χ1) is 9.03. The zero-order valence-corrected chi connectivity index (χ0v) is 11.3. The number of aryl methyl sites for hydroxylation is 1. The lowest BCUT2D eigenvalue weighted by atomic mass is 10.1. The van der Waals surface area contributed by atoms with Crippen LogP contribution in [-0.4, -0.2) is 13.5 Å². The minimum absolute atomic E-state index is 0.0933. The van der Waals surface area contributed by atoms with E-state index in [9.17, 15) is 13.5 Å². The number of hydrogen-bond donors (Lipinski definition) is 2. The number of anilines is 1. The number of benzene rings is 2. The van der Waals surface area contributed by atoms with E-state index in [1.807, 2.05) is 6.92 Å². The van der Waals surface area contributed by atoms with E-state index in [2.05, 4.69) is 4.72 Å². The Kier molecular flexibility index (Phi) is 3.76. The molecule has 4 nitrogen and oxygen atoms in total. The van der Waals surface area contributed by atoms with Crippen LogP contribution in [0.25, 0.3) is 0 Å². The molecule has 0 spiro atoms. The molecule has 100 valence electrons. The van der Waals surface area contributed by atoms with Gasteiger partial charge in [0.2, 0.25) is 0 Å². The van der Waals surface area contributed by atoms with Gasteiger partial charge in [0.15, 0.2) is 0 Å². The summed E-state index contributed by atoms with van der Waals surface area (Å²) in [6, 6.07) is 12.9. The normalized spacial score (nSPS) is 11.2. The predicted octanol–water partition coefficient (Wildman–Crippen LogP) is 2.76. The molecule has 2 N–H and O–H groups in total. The summed E-state index contributed by atoms with van der Waals surface area (Å²) in [4.78, 5) is 0.189. The molecule has 0 unspecified atom stereocenters. The molecule has 0 fully saturated rings. The zero-order chi connectivity index (χ0) is 13.9. The summed E-state index contributed by atoms with van der Waals surface area (Å²) in [6.45, 7) is 1.92. The summed E-state index contributed by atoms with van der Waals surface area (Å²) in [5.41, 5.74) is 1.13. The Morgan fingerprint density at radius 1 is 1.11 bits per heavy atom. The summed E-state index contributed by atoms with van der Waals surface area (Å²) in [5.74, 6) is 0.0933. The lowest BCUT2D eigenvalue weighted by Crippen LogP contribution is -2.12. The highest BCUT2D eigenvalue weighted by atomic mass is 32.2. The third-order valence-electron chi connectivity index (χ3n) is 2.77. The topological polar surface area (TPSA) is 66.4 Å². The van der Waals surface area contributed by atoms with Crippen molar-refractivity contribution in [1.29, 1.82) is 0 Å². The predicted molar refractivity (Wildman–Crippen MR) is 74.7 cm³/mol. The van der Waals surface area contributed by atoms with Crippen molar-refractivity contribution < 1.29 is 13.5 Å². The molecule has 0 radical (unpaired) electrons. The Bertz CT molecular complexity index is 666. The van der Waals surface area contributed by atoms with E-state index in [4.69, 9.17) is 0 Å². The lowest BCUT2D eigenvalue weighted by molar-refractivity contribution is 0.469. The van der Waals surface area contributed by atoms with Gasteiger partial charge in [-0.1, -0.05) is 31.2 Å². The van der Waals surface area contributed by atoms with Gasteiger partial charge < -0.3 is 5.11 Å². The van der Waals surface area contributed by atoms with Crippen LogP contribution in [0.1, 0.15) is 12.5 Å². The molecule has 19 heavy (non-hydrogen) atoms. The molecule has 2 rings (SSSR count). The van der Waals surface area contributed by atoms with Crippen molar-refractivity contribution >= 4 is 15.7 Å². The quantitative estimate of drug-likeness (QED) is 0.903. The van der Waals surface area contributed by atoms with Crippen molar-refractivity contribution in [3.63, 3.8) is 0 Å². The number of aromatic hydroxyl groups is 1. The standard InChI is InChI=1S/C14H15NO3S/c1-2-11-8-9-12(10-14(11)16)15-19(17,18)13-6-4-3-5-7-13/h3-10,15-16H,2H2,1H3. The molecule has 2 aromatic carbocycles. The molecule has 2 aromatic rings. The van der Waals surface area contributed by atoms with Gasteiger partial charge in [0, 0.05) is 6.07 Å². The average molecular weight is 277 g/mol. The van der Waals surface area contributed by atoms with Crippen molar-refractivity contribution in [2.75, 3.05) is 4.72 Å². The van der Waals surface area contributed by atoms with Crippen molar-refractivity contribution in [3.05, 3.63) is 54.1 Å². The van der Waals surface area contributed by atoms with Gasteiger partial charge >= 0.3 is 0 Å². The first-order valence-electron chi connectivity index (χ1n) is 5.92. The van der Waals surface area contributed by atoms with Gasteiger partial charge in [-0.2, -0.15) is 0 Å². The van der Waals surface area contributed by atoms with Crippen LogP contribution in [0, 0.1) is 0 Å². The maximum Gasteiger partial charge on any atom is 0.261 e. The van der Waals surface area contributed by atoms with Gasteiger partial charge in [0.25, 0.3) is 10.0 Å². The fourth-order valence-electron chi connectivity index (χ4n) is 1.74. The Hall–Kier alpha value is -2.01. The molecule has 0 aliphatic heterocycles. The fraction of sp³-hybridized carbons (Fsp3) is 0.143. The van der Waals surface area contributed by atoms with Crippen LogP contribution in [-0.2, 0) is 16.4 Å². The fourth-order valence-corrected chi connectivity index (χ4v) is 2.81. The Balaban J connectivity index is 2.29. The summed E-state index contributed by atoms with van der Waals surface area (Å²) in [7, 11) is -3.61. The third-order valence-corrected chi connectivity index (χ3v) is 4.17. The van der Waals surface area contributed by atoms with E-state index in [0.29, 0.717) is 12.1 Å². The maximum atomic E-state index is 12.1. The monoisotopic (exact) mass is 277 g/mol. The van der Waals surface area contributed by atoms with E-state index in [1.54, 1.807) is 30.3 Å². The molecule has 0 aliphatic rings. The second kappa shape index (κ2) is 5.32. The highest BCUT2D eigenvalue weighted by Gasteiger charge is 2.13. The highest BCUT2D eigenvalue weighted by molar-refractivity contribution is 7.92. The van der Waals surface area contributed by atoms with Crippen molar-refractivity contribution in [2.45, 2.75) is 18.2 Å². The second-order valence-electron chi connectivity index (χ2n) is 4.12. The SMILES string of the molecule is CCc1ccc(NS(=O)(=O)c2ccccc2)cc1O. The maximum absolute atomic E-state index is 12.1. The Morgan fingerprint density at radius 3 is 2.37 bits per heavy atom. The van der Waals surface area contributed by atoms with Gasteiger partial charge in [-0.05, 0) is 30.2 Å². The number of hydrogen-bond acceptors (Lipinski definition) is 3. The van der Waals surface area contributed by atoms with E-state index < -0.39 is 10.0 Å². The van der Waals surface area contributed by atoms with Crippen molar-refractivity contribution in [1.82, 2.24) is 0 Å². The van der Waals surface area contributed by atoms with Crippen LogP contribution in [0.5, 0.6) is 5.75 Å². The van der Waals surface area contributed by atoms with Crippen molar-refractivity contribution in [3.8, 4) is 5.75 Å². The van der Waals surface area contributed by atoms with E-state index in [1.165, 1.54) is 18.2 Å². The molecule has 0 amide bonds. The van der Waals surface area contributed by atoms with Crippen LogP contribution >= 0.6 is 0 Å². The van der Waals surface area contributed by atoms with Gasteiger partial charge in [-0.15, -0.1) is 0 Å². The third kappa shape index (κ3) is 3.06. The van der Waals surface area contributed by atoms with Crippen molar-refractivity contribution in [2.24, 2.45) is 0 Å². The molecule has 0 bridgehead atoms.